The maximum atomic E-state index is 13.5. The molecule has 0 radical (unpaired) electrons. The monoisotopic (exact) mass is 274 g/mol. The molecule has 0 aliphatic carbocycles. The average molecular weight is 274 g/mol. The van der Waals surface area contributed by atoms with Crippen molar-refractivity contribution in [2.24, 2.45) is 0 Å². The van der Waals surface area contributed by atoms with Crippen LogP contribution in [0.2, 0.25) is 0 Å². The van der Waals surface area contributed by atoms with Crippen molar-refractivity contribution in [1.82, 2.24) is 4.98 Å². The Balaban J connectivity index is 2.11. The fourth-order valence-electron chi connectivity index (χ4n) is 1.82. The number of hydrogen-bond donors (Lipinski definition) is 1. The molecule has 0 fully saturated rings. The van der Waals surface area contributed by atoms with Crippen LogP contribution in [0, 0.1) is 5.82 Å². The minimum atomic E-state index is -0.422. The summed E-state index contributed by atoms with van der Waals surface area (Å²) >= 11 is 1.50. The van der Waals surface area contributed by atoms with Crippen LogP contribution >= 0.6 is 11.3 Å². The molecule has 3 rings (SSSR count). The Bertz CT molecular complexity index is 754. The number of hydrogen-bond acceptors (Lipinski definition) is 4. The van der Waals surface area contributed by atoms with Crippen LogP contribution in [0.5, 0.6) is 5.75 Å². The Labute approximate surface area is 113 Å². The van der Waals surface area contributed by atoms with Crippen LogP contribution in [0.3, 0.4) is 0 Å². The molecular formula is C14H11FN2OS. The number of thiazole rings is 1. The Hall–Kier alpha value is -2.14. The predicted octanol–water partition coefficient (Wildman–Crippen LogP) is 3.69. The second-order valence-corrected chi connectivity index (χ2v) is 5.12. The molecule has 1 aromatic heterocycles. The Morgan fingerprint density at radius 2 is 2.05 bits per heavy atom. The first kappa shape index (κ1) is 11.9. The van der Waals surface area contributed by atoms with E-state index in [-0.39, 0.29) is 5.69 Å². The SMILES string of the molecule is COc1ccc2nc(-c3ccc(N)c(F)c3)sc2c1. The third-order valence-electron chi connectivity index (χ3n) is 2.84. The molecule has 5 heteroatoms. The molecule has 0 bridgehead atoms. The van der Waals surface area contributed by atoms with Crippen LogP contribution in [0.4, 0.5) is 10.1 Å². The number of ether oxygens (including phenoxy) is 1. The quantitative estimate of drug-likeness (QED) is 0.725. The summed E-state index contributed by atoms with van der Waals surface area (Å²) in [5, 5.41) is 0.766. The summed E-state index contributed by atoms with van der Waals surface area (Å²) in [5.74, 6) is 0.362. The molecule has 0 spiro atoms. The number of halogens is 1. The van der Waals surface area contributed by atoms with Crippen molar-refractivity contribution in [2.45, 2.75) is 0 Å². The fourth-order valence-corrected chi connectivity index (χ4v) is 2.81. The lowest BCUT2D eigenvalue weighted by Crippen LogP contribution is -1.90. The Kier molecular flexibility index (Phi) is 2.83. The third kappa shape index (κ3) is 2.13. The van der Waals surface area contributed by atoms with Crippen molar-refractivity contribution in [2.75, 3.05) is 12.8 Å². The van der Waals surface area contributed by atoms with E-state index >= 15 is 0 Å². The van der Waals surface area contributed by atoms with Crippen LogP contribution in [0.1, 0.15) is 0 Å². The van der Waals surface area contributed by atoms with E-state index in [0.29, 0.717) is 0 Å². The van der Waals surface area contributed by atoms with Crippen molar-refractivity contribution < 1.29 is 9.13 Å². The molecule has 1 heterocycles. The molecule has 0 aliphatic rings. The number of nitrogen functional groups attached to an aromatic ring is 1. The number of rotatable bonds is 2. The Morgan fingerprint density at radius 1 is 1.21 bits per heavy atom. The normalized spacial score (nSPS) is 10.8. The predicted molar refractivity (Wildman–Crippen MR) is 76.0 cm³/mol. The average Bonchev–Trinajstić information content (AvgIpc) is 2.84. The van der Waals surface area contributed by atoms with E-state index in [2.05, 4.69) is 4.98 Å². The lowest BCUT2D eigenvalue weighted by Gasteiger charge is -1.98. The molecule has 3 nitrogen and oxygen atoms in total. The smallest absolute Gasteiger partial charge is 0.146 e. The molecule has 0 amide bonds. The molecular weight excluding hydrogens is 263 g/mol. The van der Waals surface area contributed by atoms with E-state index < -0.39 is 5.82 Å². The topological polar surface area (TPSA) is 48.1 Å². The van der Waals surface area contributed by atoms with Crippen LogP contribution < -0.4 is 10.5 Å². The van der Waals surface area contributed by atoms with Gasteiger partial charge in [0.15, 0.2) is 0 Å². The summed E-state index contributed by atoms with van der Waals surface area (Å²) in [4.78, 5) is 4.48. The number of aromatic nitrogens is 1. The molecule has 19 heavy (non-hydrogen) atoms. The zero-order chi connectivity index (χ0) is 13.4. The van der Waals surface area contributed by atoms with E-state index in [9.17, 15) is 4.39 Å². The van der Waals surface area contributed by atoms with Gasteiger partial charge in [-0.3, -0.25) is 0 Å². The molecule has 3 aromatic rings. The minimum Gasteiger partial charge on any atom is -0.497 e. The summed E-state index contributed by atoms with van der Waals surface area (Å²) in [5.41, 5.74) is 7.22. The molecule has 96 valence electrons. The maximum Gasteiger partial charge on any atom is 0.146 e. The summed E-state index contributed by atoms with van der Waals surface area (Å²) < 4.78 is 19.7. The van der Waals surface area contributed by atoms with Crippen molar-refractivity contribution >= 4 is 27.2 Å². The van der Waals surface area contributed by atoms with Crippen molar-refractivity contribution in [3.05, 3.63) is 42.2 Å². The van der Waals surface area contributed by atoms with Gasteiger partial charge in [-0.2, -0.15) is 0 Å². The van der Waals surface area contributed by atoms with Crippen LogP contribution in [0.15, 0.2) is 36.4 Å². The zero-order valence-corrected chi connectivity index (χ0v) is 11.0. The number of fused-ring (bicyclic) bond motifs is 1. The lowest BCUT2D eigenvalue weighted by molar-refractivity contribution is 0.415. The summed E-state index contributed by atoms with van der Waals surface area (Å²) in [6.45, 7) is 0. The minimum absolute atomic E-state index is 0.145. The van der Waals surface area contributed by atoms with E-state index in [1.54, 1.807) is 19.2 Å². The first-order valence-electron chi connectivity index (χ1n) is 5.67. The largest absolute Gasteiger partial charge is 0.497 e. The van der Waals surface area contributed by atoms with Crippen LogP contribution in [0.25, 0.3) is 20.8 Å². The number of nitrogens with zero attached hydrogens (tertiary/aromatic N) is 1. The van der Waals surface area contributed by atoms with Crippen LogP contribution in [-0.2, 0) is 0 Å². The summed E-state index contributed by atoms with van der Waals surface area (Å²) in [7, 11) is 1.62. The zero-order valence-electron chi connectivity index (χ0n) is 10.2. The van der Waals surface area contributed by atoms with E-state index in [1.807, 2.05) is 18.2 Å². The second kappa shape index (κ2) is 4.51. The number of nitrogens with two attached hydrogens (primary N) is 1. The van der Waals surface area contributed by atoms with Gasteiger partial charge >= 0.3 is 0 Å². The van der Waals surface area contributed by atoms with Gasteiger partial charge < -0.3 is 10.5 Å². The van der Waals surface area contributed by atoms with Gasteiger partial charge in [0.1, 0.15) is 16.6 Å². The van der Waals surface area contributed by atoms with Crippen molar-refractivity contribution in [1.29, 1.82) is 0 Å². The molecule has 0 unspecified atom stereocenters. The van der Waals surface area contributed by atoms with Gasteiger partial charge in [-0.15, -0.1) is 11.3 Å². The summed E-state index contributed by atoms with van der Waals surface area (Å²) in [6, 6.07) is 10.4. The standard InChI is InChI=1S/C14H11FN2OS/c1-18-9-3-5-12-13(7-9)19-14(17-12)8-2-4-11(16)10(15)6-8/h2-7H,16H2,1H3. The molecule has 2 aromatic carbocycles. The molecule has 0 aliphatic heterocycles. The van der Waals surface area contributed by atoms with Gasteiger partial charge in [-0.05, 0) is 36.4 Å². The van der Waals surface area contributed by atoms with Gasteiger partial charge in [-0.1, -0.05) is 0 Å². The van der Waals surface area contributed by atoms with E-state index in [1.165, 1.54) is 17.4 Å². The highest BCUT2D eigenvalue weighted by molar-refractivity contribution is 7.21. The highest BCUT2D eigenvalue weighted by Gasteiger charge is 2.09. The Morgan fingerprint density at radius 3 is 2.79 bits per heavy atom. The number of benzene rings is 2. The van der Waals surface area contributed by atoms with Gasteiger partial charge in [0.05, 0.1) is 23.0 Å². The fraction of sp³-hybridized carbons (Fsp3) is 0.0714. The maximum absolute atomic E-state index is 13.5. The highest BCUT2D eigenvalue weighted by atomic mass is 32.1. The highest BCUT2D eigenvalue weighted by Crippen LogP contribution is 2.33. The van der Waals surface area contributed by atoms with E-state index in [0.717, 1.165) is 26.5 Å². The van der Waals surface area contributed by atoms with Gasteiger partial charge in [0.25, 0.3) is 0 Å². The summed E-state index contributed by atoms with van der Waals surface area (Å²) in [6.07, 6.45) is 0. The first-order valence-corrected chi connectivity index (χ1v) is 6.49. The molecule has 0 atom stereocenters. The van der Waals surface area contributed by atoms with Crippen molar-refractivity contribution in [3.63, 3.8) is 0 Å². The van der Waals surface area contributed by atoms with Gasteiger partial charge in [0.2, 0.25) is 0 Å². The van der Waals surface area contributed by atoms with E-state index in [4.69, 9.17) is 10.5 Å². The van der Waals surface area contributed by atoms with Gasteiger partial charge in [0, 0.05) is 5.56 Å². The lowest BCUT2D eigenvalue weighted by atomic mass is 10.2. The second-order valence-electron chi connectivity index (χ2n) is 4.09. The number of methoxy groups -OCH3 is 1. The van der Waals surface area contributed by atoms with Crippen LogP contribution in [-0.4, -0.2) is 12.1 Å². The molecule has 0 saturated carbocycles. The van der Waals surface area contributed by atoms with Gasteiger partial charge in [-0.25, -0.2) is 9.37 Å². The van der Waals surface area contributed by atoms with Crippen molar-refractivity contribution in [3.8, 4) is 16.3 Å². The molecule has 0 saturated heterocycles. The number of anilines is 1. The third-order valence-corrected chi connectivity index (χ3v) is 3.91. The first-order chi connectivity index (χ1) is 9.17. The molecule has 2 N–H and O–H groups in total.